The van der Waals surface area contributed by atoms with E-state index in [2.05, 4.69) is 15.9 Å². The van der Waals surface area contributed by atoms with E-state index in [9.17, 15) is 9.18 Å². The van der Waals surface area contributed by atoms with Crippen LogP contribution in [0.4, 0.5) is 10.1 Å². The fraction of sp³-hybridized carbons (Fsp3) is 0.0769. The molecule has 0 spiro atoms. The second kappa shape index (κ2) is 8.98. The zero-order valence-electron chi connectivity index (χ0n) is 18.0. The highest BCUT2D eigenvalue weighted by molar-refractivity contribution is 9.10. The van der Waals surface area contributed by atoms with Gasteiger partial charge in [-0.05, 0) is 60.8 Å². The number of likely N-dealkylation sites (N-methyl/N-ethyl adjacent to an activating group) is 1. The van der Waals surface area contributed by atoms with Crippen LogP contribution < -0.4 is 4.90 Å². The molecule has 34 heavy (non-hydrogen) atoms. The Balaban J connectivity index is 1.61. The van der Waals surface area contributed by atoms with Gasteiger partial charge in [-0.15, -0.1) is 0 Å². The number of carbonyl (C=O) groups is 1. The number of amides is 1. The Morgan fingerprint density at radius 1 is 1.09 bits per heavy atom. The van der Waals surface area contributed by atoms with Gasteiger partial charge in [-0.1, -0.05) is 51.8 Å². The van der Waals surface area contributed by atoms with Gasteiger partial charge in [-0.2, -0.15) is 0 Å². The van der Waals surface area contributed by atoms with Gasteiger partial charge in [0.15, 0.2) is 5.11 Å². The highest BCUT2D eigenvalue weighted by Gasteiger charge is 2.36. The summed E-state index contributed by atoms with van der Waals surface area (Å²) in [5.74, 6) is -0.562. The molecule has 0 radical (unpaired) electrons. The topological polar surface area (TPSA) is 28.5 Å². The molecule has 4 aromatic rings. The van der Waals surface area contributed by atoms with E-state index in [-0.39, 0.29) is 18.3 Å². The van der Waals surface area contributed by atoms with Gasteiger partial charge >= 0.3 is 0 Å². The molecule has 1 saturated heterocycles. The maximum absolute atomic E-state index is 14.5. The number of benzene rings is 3. The number of hydrogen-bond acceptors (Lipinski definition) is 2. The van der Waals surface area contributed by atoms with Crippen molar-refractivity contribution in [3.05, 3.63) is 105 Å². The van der Waals surface area contributed by atoms with Gasteiger partial charge in [0.1, 0.15) is 11.5 Å². The van der Waals surface area contributed by atoms with Crippen molar-refractivity contribution < 1.29 is 9.18 Å². The van der Waals surface area contributed by atoms with E-state index in [0.29, 0.717) is 27.1 Å². The third kappa shape index (κ3) is 3.94. The third-order valence-corrected chi connectivity index (χ3v) is 7.14. The molecule has 0 unspecified atom stereocenters. The minimum Gasteiger partial charge on any atom is -0.342 e. The van der Waals surface area contributed by atoms with E-state index in [1.165, 1.54) is 11.0 Å². The molecule has 0 saturated carbocycles. The van der Waals surface area contributed by atoms with Crippen molar-refractivity contribution in [1.29, 1.82) is 0 Å². The van der Waals surface area contributed by atoms with E-state index in [4.69, 9.17) is 23.8 Å². The molecule has 0 bridgehead atoms. The third-order valence-electron chi connectivity index (χ3n) is 5.83. The summed E-state index contributed by atoms with van der Waals surface area (Å²) in [5, 5.41) is 1.69. The highest BCUT2D eigenvalue weighted by Crippen LogP contribution is 2.32. The quantitative estimate of drug-likeness (QED) is 0.204. The van der Waals surface area contributed by atoms with Crippen molar-refractivity contribution in [2.24, 2.45) is 0 Å². The smallest absolute Gasteiger partial charge is 0.281 e. The summed E-state index contributed by atoms with van der Waals surface area (Å²) in [6, 6.07) is 19.9. The van der Waals surface area contributed by atoms with Crippen molar-refractivity contribution in [1.82, 2.24) is 9.47 Å². The van der Waals surface area contributed by atoms with E-state index in [0.717, 1.165) is 20.9 Å². The summed E-state index contributed by atoms with van der Waals surface area (Å²) in [7, 11) is 1.78. The number of anilines is 1. The second-order valence-electron chi connectivity index (χ2n) is 7.92. The van der Waals surface area contributed by atoms with Gasteiger partial charge in [-0.25, -0.2) is 4.39 Å². The molecular weight excluding hydrogens is 537 g/mol. The summed E-state index contributed by atoms with van der Waals surface area (Å²) < 4.78 is 17.3. The first-order valence-electron chi connectivity index (χ1n) is 10.5. The van der Waals surface area contributed by atoms with Crippen LogP contribution in [0.15, 0.2) is 83.1 Å². The molecule has 1 fully saturated rings. The number of fused-ring (bicyclic) bond motifs is 1. The molecule has 3 aromatic carbocycles. The summed E-state index contributed by atoms with van der Waals surface area (Å²) >= 11 is 15.4. The molecule has 170 valence electrons. The zero-order valence-corrected chi connectivity index (χ0v) is 21.2. The standard InChI is InChI=1S/C26H18BrClFN3OS/c1-30-24(25(33)32(26(30)34)18-6-3-2-4-7-18)12-16-14-31(23-11-10-17(27)13-19(16)23)15-20-21(28)8-5-9-22(20)29/h2-14H,15H2,1H3/b24-12-. The first kappa shape index (κ1) is 22.8. The van der Waals surface area contributed by atoms with Crippen molar-refractivity contribution in [2.75, 3.05) is 11.9 Å². The van der Waals surface area contributed by atoms with Crippen LogP contribution in [0.2, 0.25) is 5.02 Å². The van der Waals surface area contributed by atoms with Crippen molar-refractivity contribution in [3.8, 4) is 0 Å². The van der Waals surface area contributed by atoms with E-state index < -0.39 is 0 Å². The summed E-state index contributed by atoms with van der Waals surface area (Å²) in [5.41, 5.74) is 3.29. The first-order chi connectivity index (χ1) is 16.3. The number of nitrogens with zero attached hydrogens (tertiary/aromatic N) is 3. The number of rotatable bonds is 4. The zero-order chi connectivity index (χ0) is 24.0. The van der Waals surface area contributed by atoms with Crippen LogP contribution in [-0.2, 0) is 11.3 Å². The summed E-state index contributed by atoms with van der Waals surface area (Å²) in [4.78, 5) is 16.6. The lowest BCUT2D eigenvalue weighted by atomic mass is 10.1. The monoisotopic (exact) mass is 553 g/mol. The minimum atomic E-state index is -0.360. The van der Waals surface area contributed by atoms with E-state index in [1.54, 1.807) is 24.1 Å². The molecule has 1 aliphatic rings. The minimum absolute atomic E-state index is 0.202. The van der Waals surface area contributed by atoms with E-state index in [1.807, 2.05) is 65.4 Å². The number of halogens is 3. The average Bonchev–Trinajstić information content (AvgIpc) is 3.26. The van der Waals surface area contributed by atoms with Gasteiger partial charge in [0.25, 0.3) is 5.91 Å². The number of aromatic nitrogens is 1. The fourth-order valence-corrected chi connectivity index (χ4v) is 4.98. The predicted molar refractivity (Wildman–Crippen MR) is 142 cm³/mol. The molecule has 1 aromatic heterocycles. The van der Waals surface area contributed by atoms with Gasteiger partial charge in [0, 0.05) is 44.8 Å². The average molecular weight is 555 g/mol. The Labute approximate surface area is 215 Å². The molecule has 0 aliphatic carbocycles. The lowest BCUT2D eigenvalue weighted by Gasteiger charge is -2.16. The molecule has 8 heteroatoms. The second-order valence-corrected chi connectivity index (χ2v) is 9.61. The summed E-state index contributed by atoms with van der Waals surface area (Å²) in [6.45, 7) is 0.255. The lowest BCUT2D eigenvalue weighted by molar-refractivity contribution is -0.114. The first-order valence-corrected chi connectivity index (χ1v) is 12.0. The van der Waals surface area contributed by atoms with Gasteiger partial charge in [0.2, 0.25) is 0 Å². The molecule has 0 N–H and O–H groups in total. The molecule has 1 amide bonds. The van der Waals surface area contributed by atoms with Crippen LogP contribution in [0.3, 0.4) is 0 Å². The highest BCUT2D eigenvalue weighted by atomic mass is 79.9. The van der Waals surface area contributed by atoms with Crippen molar-refractivity contribution >= 4 is 73.4 Å². The number of carbonyl (C=O) groups excluding carboxylic acids is 1. The SMILES string of the molecule is CN1C(=S)N(c2ccccc2)C(=O)/C1=C/c1cn(Cc2c(F)cccc2Cl)c2ccc(Br)cc12. The number of para-hydroxylation sites is 1. The van der Waals surface area contributed by atoms with Crippen LogP contribution in [0.1, 0.15) is 11.1 Å². The normalized spacial score (nSPS) is 15.2. The van der Waals surface area contributed by atoms with Crippen LogP contribution in [0.25, 0.3) is 17.0 Å². The van der Waals surface area contributed by atoms with Gasteiger partial charge in [0.05, 0.1) is 12.2 Å². The van der Waals surface area contributed by atoms with Crippen LogP contribution in [0.5, 0.6) is 0 Å². The van der Waals surface area contributed by atoms with Gasteiger partial charge in [-0.3, -0.25) is 9.69 Å². The number of thiocarbonyl (C=S) groups is 1. The molecule has 5 rings (SSSR count). The maximum atomic E-state index is 14.5. The van der Waals surface area contributed by atoms with Crippen LogP contribution in [-0.4, -0.2) is 27.5 Å². The van der Waals surface area contributed by atoms with Gasteiger partial charge < -0.3 is 9.47 Å². The molecule has 2 heterocycles. The number of hydrogen-bond donors (Lipinski definition) is 0. The Kier molecular flexibility index (Phi) is 6.02. The van der Waals surface area contributed by atoms with Crippen LogP contribution in [0, 0.1) is 5.82 Å². The molecule has 0 atom stereocenters. The lowest BCUT2D eigenvalue weighted by Crippen LogP contribution is -2.30. The van der Waals surface area contributed by atoms with Crippen molar-refractivity contribution in [2.45, 2.75) is 6.54 Å². The van der Waals surface area contributed by atoms with E-state index >= 15 is 0 Å². The predicted octanol–water partition coefficient (Wildman–Crippen LogP) is 6.85. The maximum Gasteiger partial charge on any atom is 0.281 e. The fourth-order valence-electron chi connectivity index (χ4n) is 4.11. The Bertz CT molecular complexity index is 1460. The Hall–Kier alpha value is -3.00. The Morgan fingerprint density at radius 3 is 2.59 bits per heavy atom. The van der Waals surface area contributed by atoms with Crippen molar-refractivity contribution in [3.63, 3.8) is 0 Å². The largest absolute Gasteiger partial charge is 0.342 e. The Morgan fingerprint density at radius 2 is 1.85 bits per heavy atom. The summed E-state index contributed by atoms with van der Waals surface area (Å²) in [6.07, 6.45) is 3.73. The molecular formula is C26H18BrClFN3OS. The molecule has 1 aliphatic heterocycles. The molecule has 4 nitrogen and oxygen atoms in total. The van der Waals surface area contributed by atoms with Crippen LogP contribution >= 0.6 is 39.7 Å².